The van der Waals surface area contributed by atoms with Gasteiger partial charge in [0.05, 0.1) is 24.7 Å². The Bertz CT molecular complexity index is 557. The lowest BCUT2D eigenvalue weighted by molar-refractivity contribution is -0.140. The molecule has 1 heterocycles. The van der Waals surface area contributed by atoms with Crippen LogP contribution in [0.2, 0.25) is 0 Å². The summed E-state index contributed by atoms with van der Waals surface area (Å²) in [5.41, 5.74) is 6.63. The minimum atomic E-state index is -3.53. The normalized spacial score (nSPS) is 11.1. The first-order valence-electron chi connectivity index (χ1n) is 5.63. The molecule has 0 saturated heterocycles. The number of hydrogen-bond acceptors (Lipinski definition) is 6. The second-order valence-corrected chi connectivity index (χ2v) is 5.88. The minimum Gasteiger partial charge on any atom is -0.469 e. The van der Waals surface area contributed by atoms with Gasteiger partial charge in [-0.05, 0) is 25.0 Å². The molecule has 0 aliphatic heterocycles. The summed E-state index contributed by atoms with van der Waals surface area (Å²) in [4.78, 5) is 14.8. The van der Waals surface area contributed by atoms with Gasteiger partial charge in [-0.2, -0.15) is 0 Å². The molecule has 0 fully saturated rings. The third-order valence-electron chi connectivity index (χ3n) is 2.37. The molecule has 0 saturated carbocycles. The van der Waals surface area contributed by atoms with Crippen molar-refractivity contribution in [3.63, 3.8) is 0 Å². The minimum absolute atomic E-state index is 0.0611. The summed E-state index contributed by atoms with van der Waals surface area (Å²) in [5.74, 6) is -0.364. The van der Waals surface area contributed by atoms with E-state index in [0.717, 1.165) is 0 Å². The second kappa shape index (κ2) is 6.37. The molecule has 7 nitrogen and oxygen atoms in total. The maximum Gasteiger partial charge on any atom is 0.305 e. The Kier molecular flexibility index (Phi) is 5.11. The van der Waals surface area contributed by atoms with E-state index in [9.17, 15) is 13.2 Å². The Balaban J connectivity index is 2.61. The lowest BCUT2D eigenvalue weighted by Crippen LogP contribution is -2.19. The summed E-state index contributed by atoms with van der Waals surface area (Å²) in [6.45, 7) is 1.70. The van der Waals surface area contributed by atoms with Crippen LogP contribution in [0.4, 0.5) is 11.5 Å². The molecule has 0 aromatic carbocycles. The van der Waals surface area contributed by atoms with E-state index in [4.69, 9.17) is 5.73 Å². The van der Waals surface area contributed by atoms with Crippen molar-refractivity contribution in [2.75, 3.05) is 23.3 Å². The number of rotatable bonds is 6. The van der Waals surface area contributed by atoms with E-state index >= 15 is 0 Å². The largest absolute Gasteiger partial charge is 0.469 e. The van der Waals surface area contributed by atoms with Gasteiger partial charge < -0.3 is 10.5 Å². The maximum atomic E-state index is 11.8. The van der Waals surface area contributed by atoms with Gasteiger partial charge in [0, 0.05) is 6.42 Å². The van der Waals surface area contributed by atoms with Crippen molar-refractivity contribution in [3.8, 4) is 0 Å². The number of nitrogens with two attached hydrogens (primary N) is 1. The van der Waals surface area contributed by atoms with Gasteiger partial charge in [-0.25, -0.2) is 13.4 Å². The molecular formula is C11H17N3O4S. The summed E-state index contributed by atoms with van der Waals surface area (Å²) in [5, 5.41) is 0. The van der Waals surface area contributed by atoms with E-state index in [1.54, 1.807) is 13.0 Å². The van der Waals surface area contributed by atoms with E-state index in [2.05, 4.69) is 14.4 Å². The van der Waals surface area contributed by atoms with Crippen molar-refractivity contribution in [1.82, 2.24) is 4.98 Å². The van der Waals surface area contributed by atoms with Crippen molar-refractivity contribution in [3.05, 3.63) is 17.8 Å². The average Bonchev–Trinajstić information content (AvgIpc) is 2.32. The average molecular weight is 287 g/mol. The zero-order valence-corrected chi connectivity index (χ0v) is 11.7. The van der Waals surface area contributed by atoms with Crippen LogP contribution in [0.15, 0.2) is 12.3 Å². The predicted octanol–water partition coefficient (Wildman–Crippen LogP) is 0.667. The van der Waals surface area contributed by atoms with Crippen molar-refractivity contribution in [2.24, 2.45) is 0 Å². The van der Waals surface area contributed by atoms with Crippen LogP contribution < -0.4 is 10.5 Å². The summed E-state index contributed by atoms with van der Waals surface area (Å²) in [7, 11) is -2.27. The van der Waals surface area contributed by atoms with Crippen LogP contribution in [0.25, 0.3) is 0 Å². The summed E-state index contributed by atoms with van der Waals surface area (Å²) in [6, 6.07) is 1.62. The number of nitrogen functional groups attached to an aromatic ring is 1. The number of sulfonamides is 1. The molecule has 106 valence electrons. The van der Waals surface area contributed by atoms with Crippen molar-refractivity contribution < 1.29 is 17.9 Å². The Morgan fingerprint density at radius 2 is 2.21 bits per heavy atom. The maximum absolute atomic E-state index is 11.8. The zero-order chi connectivity index (χ0) is 14.5. The quantitative estimate of drug-likeness (QED) is 0.744. The Morgan fingerprint density at radius 3 is 2.79 bits per heavy atom. The number of hydrogen-bond donors (Lipinski definition) is 2. The first-order valence-corrected chi connectivity index (χ1v) is 7.28. The summed E-state index contributed by atoms with van der Waals surface area (Å²) >= 11 is 0. The number of nitrogens with zero attached hydrogens (tertiary/aromatic N) is 1. The molecule has 0 bridgehead atoms. The van der Waals surface area contributed by atoms with Crippen LogP contribution in [0.5, 0.6) is 0 Å². The van der Waals surface area contributed by atoms with Crippen LogP contribution in [-0.4, -0.2) is 32.2 Å². The summed E-state index contributed by atoms with van der Waals surface area (Å²) in [6.07, 6.45) is 1.63. The van der Waals surface area contributed by atoms with Gasteiger partial charge >= 0.3 is 5.97 Å². The van der Waals surface area contributed by atoms with Crippen LogP contribution in [0.1, 0.15) is 18.4 Å². The fourth-order valence-electron chi connectivity index (χ4n) is 1.41. The molecule has 19 heavy (non-hydrogen) atoms. The number of esters is 1. The fraction of sp³-hybridized carbons (Fsp3) is 0.455. The predicted molar refractivity (Wildman–Crippen MR) is 72.0 cm³/mol. The third kappa shape index (κ3) is 5.12. The molecule has 1 aromatic heterocycles. The topological polar surface area (TPSA) is 111 Å². The lowest BCUT2D eigenvalue weighted by Gasteiger charge is -2.09. The number of nitrogens with one attached hydrogen (secondary N) is 1. The molecule has 0 amide bonds. The Labute approximate surface area is 112 Å². The number of aromatic nitrogens is 1. The first-order chi connectivity index (χ1) is 8.84. The Hall–Kier alpha value is -1.83. The number of carbonyl (C=O) groups is 1. The van der Waals surface area contributed by atoms with Crippen LogP contribution in [-0.2, 0) is 19.6 Å². The number of carbonyl (C=O) groups excluding carboxylic acids is 1. The highest BCUT2D eigenvalue weighted by molar-refractivity contribution is 7.92. The van der Waals surface area contributed by atoms with Crippen LogP contribution >= 0.6 is 0 Å². The molecule has 8 heteroatoms. The van der Waals surface area contributed by atoms with Gasteiger partial charge in [0.15, 0.2) is 0 Å². The van der Waals surface area contributed by atoms with Crippen molar-refractivity contribution >= 4 is 27.5 Å². The fourth-order valence-corrected chi connectivity index (χ4v) is 2.55. The van der Waals surface area contributed by atoms with E-state index in [-0.39, 0.29) is 24.4 Å². The van der Waals surface area contributed by atoms with Gasteiger partial charge in [-0.3, -0.25) is 9.52 Å². The van der Waals surface area contributed by atoms with Gasteiger partial charge in [0.2, 0.25) is 10.0 Å². The van der Waals surface area contributed by atoms with Crippen LogP contribution in [0.3, 0.4) is 0 Å². The molecule has 0 radical (unpaired) electrons. The number of ether oxygens (including phenoxy) is 1. The van der Waals surface area contributed by atoms with Crippen molar-refractivity contribution in [1.29, 1.82) is 0 Å². The highest BCUT2D eigenvalue weighted by Gasteiger charge is 2.14. The van der Waals surface area contributed by atoms with Gasteiger partial charge in [0.25, 0.3) is 0 Å². The molecule has 0 aliphatic rings. The van der Waals surface area contributed by atoms with E-state index in [0.29, 0.717) is 11.3 Å². The van der Waals surface area contributed by atoms with Gasteiger partial charge in [-0.15, -0.1) is 0 Å². The second-order valence-electron chi connectivity index (χ2n) is 4.03. The monoisotopic (exact) mass is 287 g/mol. The van der Waals surface area contributed by atoms with Gasteiger partial charge in [0.1, 0.15) is 5.82 Å². The smallest absolute Gasteiger partial charge is 0.305 e. The van der Waals surface area contributed by atoms with E-state index < -0.39 is 16.0 Å². The molecule has 1 aromatic rings. The third-order valence-corrected chi connectivity index (χ3v) is 3.70. The molecule has 0 aliphatic carbocycles. The standard InChI is InChI=1S/C11H17N3O4S/c1-8-6-9(12)7-13-11(8)14-19(16,17)5-3-4-10(15)18-2/h6-7H,3-5,12H2,1-2H3,(H,13,14). The molecular weight excluding hydrogens is 270 g/mol. The lowest BCUT2D eigenvalue weighted by atomic mass is 10.3. The highest BCUT2D eigenvalue weighted by atomic mass is 32.2. The Morgan fingerprint density at radius 1 is 1.53 bits per heavy atom. The summed E-state index contributed by atoms with van der Waals surface area (Å²) < 4.78 is 30.3. The number of methoxy groups -OCH3 is 1. The van der Waals surface area contributed by atoms with E-state index in [1.807, 2.05) is 0 Å². The number of anilines is 2. The zero-order valence-electron chi connectivity index (χ0n) is 10.8. The SMILES string of the molecule is COC(=O)CCCS(=O)(=O)Nc1ncc(N)cc1C. The number of pyridine rings is 1. The van der Waals surface area contributed by atoms with Crippen LogP contribution in [0, 0.1) is 6.92 Å². The van der Waals surface area contributed by atoms with Gasteiger partial charge in [-0.1, -0.05) is 0 Å². The van der Waals surface area contributed by atoms with E-state index in [1.165, 1.54) is 13.3 Å². The molecule has 0 atom stereocenters. The first kappa shape index (κ1) is 15.2. The van der Waals surface area contributed by atoms with Crippen molar-refractivity contribution in [2.45, 2.75) is 19.8 Å². The molecule has 0 unspecified atom stereocenters. The highest BCUT2D eigenvalue weighted by Crippen LogP contribution is 2.15. The molecule has 1 rings (SSSR count). The molecule has 3 N–H and O–H groups in total. The molecule has 0 spiro atoms. The number of aryl methyl sites for hydroxylation is 1.